The zero-order chi connectivity index (χ0) is 22.6. The molecule has 0 amide bonds. The summed E-state index contributed by atoms with van der Waals surface area (Å²) in [5, 5.41) is 20.5. The van der Waals surface area contributed by atoms with Gasteiger partial charge in [-0.25, -0.2) is 0 Å². The first-order valence-electron chi connectivity index (χ1n) is 13.6. The molecule has 0 saturated heterocycles. The molecule has 0 aromatic carbocycles. The molecule has 0 aromatic rings. The lowest BCUT2D eigenvalue weighted by Crippen LogP contribution is -2.50. The molecule has 2 N–H and O–H groups in total. The summed E-state index contributed by atoms with van der Waals surface area (Å²) in [4.78, 5) is 0. The van der Waals surface area contributed by atoms with E-state index in [2.05, 4.69) is 40.7 Å². The predicted octanol–water partition coefficient (Wildman–Crippen LogP) is 7.00. The fourth-order valence-corrected chi connectivity index (χ4v) is 9.41. The summed E-state index contributed by atoms with van der Waals surface area (Å²) in [5.74, 6) is 5.21. The van der Waals surface area contributed by atoms with Gasteiger partial charge in [0.2, 0.25) is 0 Å². The number of rotatable bonds is 6. The molecule has 0 aromatic heterocycles. The number of hydrogen-bond acceptors (Lipinski definition) is 2. The molecule has 31 heavy (non-hydrogen) atoms. The summed E-state index contributed by atoms with van der Waals surface area (Å²) in [6, 6.07) is 0. The number of hydrogen-bond donors (Lipinski definition) is 2. The number of fused-ring (bicyclic) bond motifs is 5. The van der Waals surface area contributed by atoms with Gasteiger partial charge in [0.05, 0.1) is 12.2 Å². The van der Waals surface area contributed by atoms with Crippen molar-refractivity contribution in [3.8, 4) is 0 Å². The van der Waals surface area contributed by atoms with E-state index in [1.165, 1.54) is 51.4 Å². The highest BCUT2D eigenvalue weighted by atomic mass is 16.3. The van der Waals surface area contributed by atoms with Crippen LogP contribution in [0.4, 0.5) is 0 Å². The van der Waals surface area contributed by atoms with E-state index in [-0.39, 0.29) is 12.2 Å². The summed E-state index contributed by atoms with van der Waals surface area (Å²) in [5.41, 5.74) is 2.46. The lowest BCUT2D eigenvalue weighted by Gasteiger charge is -2.58. The second-order valence-electron chi connectivity index (χ2n) is 13.1. The van der Waals surface area contributed by atoms with Gasteiger partial charge < -0.3 is 10.2 Å². The van der Waals surface area contributed by atoms with Crippen LogP contribution in [0.3, 0.4) is 0 Å². The third-order valence-electron chi connectivity index (χ3n) is 11.3. The first-order valence-corrected chi connectivity index (χ1v) is 13.6. The molecule has 4 aliphatic rings. The van der Waals surface area contributed by atoms with Crippen molar-refractivity contribution in [2.45, 2.75) is 118 Å². The average molecular weight is 431 g/mol. The molecule has 0 radical (unpaired) electrons. The third-order valence-corrected chi connectivity index (χ3v) is 11.3. The van der Waals surface area contributed by atoms with Crippen LogP contribution in [0, 0.1) is 52.3 Å². The summed E-state index contributed by atoms with van der Waals surface area (Å²) in [6.45, 7) is 14.2. The molecule has 3 unspecified atom stereocenters. The molecular formula is C29H50O2. The van der Waals surface area contributed by atoms with Gasteiger partial charge in [-0.05, 0) is 117 Å². The molecular weight excluding hydrogens is 380 g/mol. The molecule has 3 saturated carbocycles. The second kappa shape index (κ2) is 8.79. The Bertz CT molecular complexity index is 658. The van der Waals surface area contributed by atoms with Gasteiger partial charge in [-0.2, -0.15) is 0 Å². The molecule has 0 heterocycles. The Balaban J connectivity index is 1.47. The maximum absolute atomic E-state index is 10.2. The zero-order valence-corrected chi connectivity index (χ0v) is 21.2. The minimum Gasteiger partial charge on any atom is -0.393 e. The van der Waals surface area contributed by atoms with Crippen LogP contribution in [-0.4, -0.2) is 22.4 Å². The molecule has 4 rings (SSSR count). The van der Waals surface area contributed by atoms with Crippen LogP contribution in [0.1, 0.15) is 106 Å². The molecule has 2 nitrogen and oxygen atoms in total. The minimum atomic E-state index is -0.187. The SMILES string of the molecule is CC(C)[C@H](CC[C@@H](C)[C@H]1CCC2C3CC=C4C[C@@H](O)CC[C@]4(C)C3CC[C@@]21C)[C@H](C)O. The summed E-state index contributed by atoms with van der Waals surface area (Å²) >= 11 is 0. The van der Waals surface area contributed by atoms with E-state index in [1.807, 2.05) is 6.92 Å². The van der Waals surface area contributed by atoms with Gasteiger partial charge in [-0.1, -0.05) is 52.7 Å². The van der Waals surface area contributed by atoms with E-state index in [0.717, 1.165) is 42.4 Å². The van der Waals surface area contributed by atoms with E-state index < -0.39 is 0 Å². The van der Waals surface area contributed by atoms with Gasteiger partial charge in [0.1, 0.15) is 0 Å². The topological polar surface area (TPSA) is 40.5 Å². The highest BCUT2D eigenvalue weighted by molar-refractivity contribution is 5.25. The van der Waals surface area contributed by atoms with Gasteiger partial charge in [0.15, 0.2) is 0 Å². The van der Waals surface area contributed by atoms with Crippen molar-refractivity contribution in [1.82, 2.24) is 0 Å². The maximum atomic E-state index is 10.2. The average Bonchev–Trinajstić information content (AvgIpc) is 3.05. The lowest BCUT2D eigenvalue weighted by molar-refractivity contribution is -0.0578. The third kappa shape index (κ3) is 4.07. The Morgan fingerprint density at radius 3 is 2.39 bits per heavy atom. The molecule has 178 valence electrons. The highest BCUT2D eigenvalue weighted by Gasteiger charge is 2.59. The van der Waals surface area contributed by atoms with Gasteiger partial charge in [0, 0.05) is 0 Å². The van der Waals surface area contributed by atoms with Crippen LogP contribution >= 0.6 is 0 Å². The van der Waals surface area contributed by atoms with Crippen molar-refractivity contribution in [2.75, 3.05) is 0 Å². The van der Waals surface area contributed by atoms with Crippen LogP contribution in [0.5, 0.6) is 0 Å². The first kappa shape index (κ1) is 23.8. The predicted molar refractivity (Wildman–Crippen MR) is 130 cm³/mol. The van der Waals surface area contributed by atoms with Crippen molar-refractivity contribution in [3.05, 3.63) is 11.6 Å². The largest absolute Gasteiger partial charge is 0.393 e. The van der Waals surface area contributed by atoms with E-state index in [1.54, 1.807) is 5.57 Å². The van der Waals surface area contributed by atoms with Crippen LogP contribution < -0.4 is 0 Å². The highest BCUT2D eigenvalue weighted by Crippen LogP contribution is 2.67. The lowest BCUT2D eigenvalue weighted by atomic mass is 9.47. The van der Waals surface area contributed by atoms with Gasteiger partial charge >= 0.3 is 0 Å². The van der Waals surface area contributed by atoms with E-state index in [9.17, 15) is 10.2 Å². The monoisotopic (exact) mass is 430 g/mol. The standard InChI is InChI=1S/C29H50O2/c1-18(2)23(20(4)30)9-7-19(3)25-11-12-26-24-10-8-21-17-22(31)13-15-28(21,5)27(24)14-16-29(25,26)6/h8,18-20,22-27,30-31H,7,9-17H2,1-6H3/t19-,20+,22+,23+,24?,25-,26?,27?,28+,29-/m1/s1. The van der Waals surface area contributed by atoms with Gasteiger partial charge in [-0.3, -0.25) is 0 Å². The first-order chi connectivity index (χ1) is 14.6. The van der Waals surface area contributed by atoms with Crippen molar-refractivity contribution < 1.29 is 10.2 Å². The van der Waals surface area contributed by atoms with E-state index in [4.69, 9.17) is 0 Å². The number of aliphatic hydroxyl groups excluding tert-OH is 2. The fourth-order valence-electron chi connectivity index (χ4n) is 9.41. The van der Waals surface area contributed by atoms with Gasteiger partial charge in [0.25, 0.3) is 0 Å². The van der Waals surface area contributed by atoms with E-state index >= 15 is 0 Å². The van der Waals surface area contributed by atoms with E-state index in [0.29, 0.717) is 22.7 Å². The summed E-state index contributed by atoms with van der Waals surface area (Å²) in [6.07, 6.45) is 14.8. The molecule has 0 spiro atoms. The molecule has 10 atom stereocenters. The Morgan fingerprint density at radius 2 is 1.71 bits per heavy atom. The Kier molecular flexibility index (Phi) is 6.75. The number of aliphatic hydroxyl groups is 2. The molecule has 0 aliphatic heterocycles. The maximum Gasteiger partial charge on any atom is 0.0577 e. The smallest absolute Gasteiger partial charge is 0.0577 e. The van der Waals surface area contributed by atoms with Crippen LogP contribution in [0.15, 0.2) is 11.6 Å². The van der Waals surface area contributed by atoms with Crippen molar-refractivity contribution in [3.63, 3.8) is 0 Å². The van der Waals surface area contributed by atoms with Crippen LogP contribution in [-0.2, 0) is 0 Å². The Hall–Kier alpha value is -0.340. The molecule has 2 heteroatoms. The van der Waals surface area contributed by atoms with Crippen molar-refractivity contribution in [1.29, 1.82) is 0 Å². The molecule has 4 aliphatic carbocycles. The second-order valence-corrected chi connectivity index (χ2v) is 13.1. The van der Waals surface area contributed by atoms with Crippen LogP contribution in [0.2, 0.25) is 0 Å². The van der Waals surface area contributed by atoms with Crippen LogP contribution in [0.25, 0.3) is 0 Å². The molecule has 3 fully saturated rings. The van der Waals surface area contributed by atoms with Crippen molar-refractivity contribution in [2.24, 2.45) is 52.3 Å². The minimum absolute atomic E-state index is 0.0993. The summed E-state index contributed by atoms with van der Waals surface area (Å²) in [7, 11) is 0. The summed E-state index contributed by atoms with van der Waals surface area (Å²) < 4.78 is 0. The van der Waals surface area contributed by atoms with Crippen molar-refractivity contribution >= 4 is 0 Å². The normalized spacial score (nSPS) is 45.3. The number of allylic oxidation sites excluding steroid dienone is 1. The Morgan fingerprint density at radius 1 is 0.968 bits per heavy atom. The zero-order valence-electron chi connectivity index (χ0n) is 21.2. The fraction of sp³-hybridized carbons (Fsp3) is 0.931. The van der Waals surface area contributed by atoms with Gasteiger partial charge in [-0.15, -0.1) is 0 Å². The quantitative estimate of drug-likeness (QED) is 0.446. The Labute approximate surface area is 192 Å². The molecule has 0 bridgehead atoms.